The molecule has 19 heavy (non-hydrogen) atoms. The van der Waals surface area contributed by atoms with E-state index >= 15 is 0 Å². The molecule has 0 aromatic heterocycles. The number of carboxylic acids is 1. The van der Waals surface area contributed by atoms with Crippen molar-refractivity contribution in [1.82, 2.24) is 4.90 Å². The summed E-state index contributed by atoms with van der Waals surface area (Å²) in [7, 11) is 0. The average molecular weight is 267 g/mol. The van der Waals surface area contributed by atoms with E-state index < -0.39 is 29.3 Å². The minimum absolute atomic E-state index is 0. The van der Waals surface area contributed by atoms with Crippen LogP contribution >= 0.6 is 0 Å². The monoisotopic (exact) mass is 267 g/mol. The third-order valence-electron chi connectivity index (χ3n) is 4.16. The maximum absolute atomic E-state index is 11.1. The van der Waals surface area contributed by atoms with Crippen LogP contribution in [-0.2, 0) is 4.79 Å². The van der Waals surface area contributed by atoms with Crippen LogP contribution in [0.3, 0.4) is 0 Å². The van der Waals surface area contributed by atoms with Crippen molar-refractivity contribution < 1.29 is 20.1 Å². The van der Waals surface area contributed by atoms with Crippen molar-refractivity contribution in [2.45, 2.75) is 64.8 Å². The third kappa shape index (κ3) is 3.53. The SMILES string of the molecule is CC[C@](O)(C(O)N1CCCC1C(=O)O)C(C)(C)C.[LiH]. The molecule has 3 N–H and O–H groups in total. The van der Waals surface area contributed by atoms with Crippen LogP contribution in [0.1, 0.15) is 47.0 Å². The Labute approximate surface area is 127 Å². The Morgan fingerprint density at radius 1 is 1.42 bits per heavy atom. The summed E-state index contributed by atoms with van der Waals surface area (Å²) in [6, 6.07) is -0.694. The number of aliphatic carboxylic acids is 1. The summed E-state index contributed by atoms with van der Waals surface area (Å²) >= 11 is 0. The van der Waals surface area contributed by atoms with Crippen molar-refractivity contribution in [2.75, 3.05) is 6.54 Å². The van der Waals surface area contributed by atoms with Crippen molar-refractivity contribution in [1.29, 1.82) is 0 Å². The zero-order valence-electron chi connectivity index (χ0n) is 11.7. The average Bonchev–Trinajstić information content (AvgIpc) is 2.74. The van der Waals surface area contributed by atoms with E-state index in [4.69, 9.17) is 5.11 Å². The fraction of sp³-hybridized carbons (Fsp3) is 0.923. The van der Waals surface area contributed by atoms with Crippen LogP contribution in [0.5, 0.6) is 0 Å². The van der Waals surface area contributed by atoms with E-state index in [0.717, 1.165) is 6.42 Å². The third-order valence-corrected chi connectivity index (χ3v) is 4.16. The number of carboxylic acid groups (broad SMARTS) is 1. The summed E-state index contributed by atoms with van der Waals surface area (Å²) in [6.45, 7) is 7.87. The van der Waals surface area contributed by atoms with Gasteiger partial charge in [-0.05, 0) is 24.7 Å². The molecule has 1 fully saturated rings. The maximum atomic E-state index is 11.1. The zero-order valence-corrected chi connectivity index (χ0v) is 11.7. The van der Waals surface area contributed by atoms with Gasteiger partial charge in [0.1, 0.15) is 17.9 Å². The molecule has 0 amide bonds. The summed E-state index contributed by atoms with van der Waals surface area (Å²) in [4.78, 5) is 12.7. The van der Waals surface area contributed by atoms with Gasteiger partial charge in [-0.15, -0.1) is 0 Å². The molecule has 0 aliphatic carbocycles. The van der Waals surface area contributed by atoms with Crippen molar-refractivity contribution >= 4 is 24.8 Å². The first-order valence-electron chi connectivity index (χ1n) is 6.54. The molecule has 108 valence electrons. The number of hydrogen-bond donors (Lipinski definition) is 3. The van der Waals surface area contributed by atoms with Crippen molar-refractivity contribution in [3.05, 3.63) is 0 Å². The first-order chi connectivity index (χ1) is 8.15. The van der Waals surface area contributed by atoms with Gasteiger partial charge in [-0.2, -0.15) is 0 Å². The van der Waals surface area contributed by atoms with Gasteiger partial charge in [-0.25, -0.2) is 0 Å². The molecule has 0 saturated carbocycles. The Morgan fingerprint density at radius 2 is 1.95 bits per heavy atom. The number of likely N-dealkylation sites (tertiary alicyclic amines) is 1. The van der Waals surface area contributed by atoms with E-state index in [1.54, 1.807) is 6.92 Å². The van der Waals surface area contributed by atoms with E-state index in [0.29, 0.717) is 19.4 Å². The number of aliphatic hydroxyl groups is 2. The number of aliphatic hydroxyl groups excluding tert-OH is 1. The number of rotatable bonds is 4. The Kier molecular flexibility index (Phi) is 6.58. The summed E-state index contributed by atoms with van der Waals surface area (Å²) in [6.07, 6.45) is 0.487. The second-order valence-corrected chi connectivity index (χ2v) is 6.14. The Bertz CT molecular complexity index is 318. The fourth-order valence-corrected chi connectivity index (χ4v) is 2.72. The molecule has 0 radical (unpaired) electrons. The van der Waals surface area contributed by atoms with Crippen LogP contribution in [0.4, 0.5) is 0 Å². The Hall–Kier alpha value is -0.0526. The second-order valence-electron chi connectivity index (χ2n) is 6.14. The minimum atomic E-state index is -1.31. The normalized spacial score (nSPS) is 25.5. The predicted octanol–water partition coefficient (Wildman–Crippen LogP) is 0.392. The molecule has 0 aromatic carbocycles. The molecular weight excluding hydrogens is 241 g/mol. The van der Waals surface area contributed by atoms with Crippen LogP contribution in [0, 0.1) is 5.41 Å². The van der Waals surface area contributed by atoms with Gasteiger partial charge in [-0.3, -0.25) is 9.69 Å². The Morgan fingerprint density at radius 3 is 2.32 bits per heavy atom. The molecule has 1 heterocycles. The van der Waals surface area contributed by atoms with E-state index in [1.165, 1.54) is 4.90 Å². The van der Waals surface area contributed by atoms with Gasteiger partial charge in [0.2, 0.25) is 0 Å². The molecule has 1 saturated heterocycles. The molecule has 3 atom stereocenters. The molecule has 6 heteroatoms. The van der Waals surface area contributed by atoms with Crippen LogP contribution in [-0.4, -0.2) is 69.5 Å². The molecule has 0 aromatic rings. The quantitative estimate of drug-likeness (QED) is 0.642. The van der Waals surface area contributed by atoms with Gasteiger partial charge < -0.3 is 15.3 Å². The van der Waals surface area contributed by atoms with Crippen LogP contribution in [0.2, 0.25) is 0 Å². The van der Waals surface area contributed by atoms with E-state index in [1.807, 2.05) is 20.8 Å². The molecule has 1 aliphatic rings. The standard InChI is InChI=1S/C13H25NO4.Li.H/c1-5-13(18,12(2,3)4)11(17)14-8-6-7-9(14)10(15)16;;/h9,11,17-18H,5-8H2,1-4H3,(H,15,16);;/t9?,11?,13-;;/m0../s1. The predicted molar refractivity (Wildman–Crippen MR) is 75.2 cm³/mol. The summed E-state index contributed by atoms with van der Waals surface area (Å²) in [5.74, 6) is -0.932. The van der Waals surface area contributed by atoms with Crippen molar-refractivity contribution in [2.24, 2.45) is 5.41 Å². The van der Waals surface area contributed by atoms with Crippen LogP contribution in [0.15, 0.2) is 0 Å². The zero-order chi connectivity index (χ0) is 14.1. The van der Waals surface area contributed by atoms with Crippen LogP contribution in [0.25, 0.3) is 0 Å². The molecule has 1 aliphatic heterocycles. The van der Waals surface area contributed by atoms with Crippen LogP contribution < -0.4 is 0 Å². The van der Waals surface area contributed by atoms with Gasteiger partial charge in [0.15, 0.2) is 0 Å². The topological polar surface area (TPSA) is 81.0 Å². The van der Waals surface area contributed by atoms with E-state index in [9.17, 15) is 15.0 Å². The van der Waals surface area contributed by atoms with Crippen molar-refractivity contribution in [3.63, 3.8) is 0 Å². The number of carbonyl (C=O) groups is 1. The summed E-state index contributed by atoms with van der Waals surface area (Å²) < 4.78 is 0. The molecule has 2 unspecified atom stereocenters. The number of hydrogen-bond acceptors (Lipinski definition) is 4. The van der Waals surface area contributed by atoms with E-state index in [2.05, 4.69) is 0 Å². The molecule has 1 rings (SSSR count). The van der Waals surface area contributed by atoms with Gasteiger partial charge in [0.25, 0.3) is 0 Å². The van der Waals surface area contributed by atoms with Gasteiger partial charge >= 0.3 is 24.8 Å². The molecular formula is C13H26LiNO4. The Balaban J connectivity index is 0.00000324. The summed E-state index contributed by atoms with van der Waals surface area (Å²) in [5, 5.41) is 30.3. The van der Waals surface area contributed by atoms with Gasteiger partial charge in [-0.1, -0.05) is 27.7 Å². The summed E-state index contributed by atoms with van der Waals surface area (Å²) in [5.41, 5.74) is -1.84. The first kappa shape index (κ1) is 18.9. The second kappa shape index (κ2) is 6.60. The van der Waals surface area contributed by atoms with Gasteiger partial charge in [0.05, 0.1) is 0 Å². The molecule has 0 spiro atoms. The van der Waals surface area contributed by atoms with Gasteiger partial charge in [0, 0.05) is 6.54 Å². The fourth-order valence-electron chi connectivity index (χ4n) is 2.72. The molecule has 0 bridgehead atoms. The molecule has 5 nitrogen and oxygen atoms in total. The first-order valence-corrected chi connectivity index (χ1v) is 6.54. The van der Waals surface area contributed by atoms with E-state index in [-0.39, 0.29) is 18.9 Å². The van der Waals surface area contributed by atoms with Crippen molar-refractivity contribution in [3.8, 4) is 0 Å². The number of nitrogens with zero attached hydrogens (tertiary/aromatic N) is 1.